The van der Waals surface area contributed by atoms with Crippen LogP contribution in [0, 0.1) is 11.8 Å². The molecule has 1 N–H and O–H groups in total. The number of nitrogens with one attached hydrogen (secondary N) is 1. The van der Waals surface area contributed by atoms with Gasteiger partial charge in [0.05, 0.1) is 25.2 Å². The van der Waals surface area contributed by atoms with Gasteiger partial charge in [0, 0.05) is 26.3 Å². The van der Waals surface area contributed by atoms with E-state index in [-0.39, 0.29) is 18.5 Å². The summed E-state index contributed by atoms with van der Waals surface area (Å²) in [5, 5.41) is 2.28. The van der Waals surface area contributed by atoms with Crippen molar-refractivity contribution in [3.8, 4) is 5.75 Å². The number of alkyl halides is 2. The molecule has 8 nitrogen and oxygen atoms in total. The molecule has 196 valence electrons. The van der Waals surface area contributed by atoms with Crippen LogP contribution >= 0.6 is 8.38 Å². The van der Waals surface area contributed by atoms with Crippen molar-refractivity contribution in [3.63, 3.8) is 0 Å². The SMILES string of the molecule is C=CN(C(=O)NC)C1OC(COP(C)Oc2ccccc2)CC1(F)F.CCC(C)C1CCOC1=O. The number of carbonyl (C=O) groups excluding carboxylic acids is 2. The van der Waals surface area contributed by atoms with Crippen molar-refractivity contribution < 1.29 is 36.9 Å². The van der Waals surface area contributed by atoms with Crippen LogP contribution in [0.1, 0.15) is 33.1 Å². The van der Waals surface area contributed by atoms with Crippen molar-refractivity contribution in [2.45, 2.75) is 51.4 Å². The van der Waals surface area contributed by atoms with Crippen molar-refractivity contribution >= 4 is 20.4 Å². The zero-order valence-electron chi connectivity index (χ0n) is 20.6. The molecule has 1 aromatic rings. The molecule has 2 saturated heterocycles. The van der Waals surface area contributed by atoms with Crippen LogP contribution in [0.15, 0.2) is 43.1 Å². The maximum Gasteiger partial charge on any atom is 0.323 e. The molecule has 0 saturated carbocycles. The zero-order valence-corrected chi connectivity index (χ0v) is 21.5. The lowest BCUT2D eigenvalue weighted by Gasteiger charge is -2.28. The first-order valence-corrected chi connectivity index (χ1v) is 13.2. The Balaban J connectivity index is 0.000000360. The van der Waals surface area contributed by atoms with Crippen molar-refractivity contribution in [1.82, 2.24) is 10.2 Å². The van der Waals surface area contributed by atoms with Gasteiger partial charge in [-0.1, -0.05) is 45.0 Å². The van der Waals surface area contributed by atoms with Gasteiger partial charge in [-0.05, 0) is 24.5 Å². The lowest BCUT2D eigenvalue weighted by Crippen LogP contribution is -2.48. The first kappa shape index (κ1) is 28.9. The van der Waals surface area contributed by atoms with Crippen molar-refractivity contribution in [1.29, 1.82) is 0 Å². The van der Waals surface area contributed by atoms with Gasteiger partial charge in [-0.15, -0.1) is 0 Å². The van der Waals surface area contributed by atoms with E-state index in [0.29, 0.717) is 18.3 Å². The molecule has 0 radical (unpaired) electrons. The number of ether oxygens (including phenoxy) is 2. The van der Waals surface area contributed by atoms with Crippen LogP contribution in [-0.4, -0.2) is 62.1 Å². The third kappa shape index (κ3) is 8.40. The van der Waals surface area contributed by atoms with Crippen LogP contribution in [0.5, 0.6) is 5.75 Å². The van der Waals surface area contributed by atoms with E-state index in [9.17, 15) is 18.4 Å². The minimum absolute atomic E-state index is 0.00866. The van der Waals surface area contributed by atoms with Gasteiger partial charge >= 0.3 is 12.0 Å². The van der Waals surface area contributed by atoms with Gasteiger partial charge in [0.15, 0.2) is 0 Å². The summed E-state index contributed by atoms with van der Waals surface area (Å²) in [6.07, 6.45) is -0.0967. The Hall–Kier alpha value is -2.29. The van der Waals surface area contributed by atoms with Crippen molar-refractivity contribution in [2.24, 2.45) is 11.8 Å². The molecule has 5 atom stereocenters. The number of esters is 1. The van der Waals surface area contributed by atoms with Crippen LogP contribution in [-0.2, 0) is 18.8 Å². The molecule has 0 bridgehead atoms. The summed E-state index contributed by atoms with van der Waals surface area (Å²) in [5.74, 6) is -1.87. The fourth-order valence-corrected chi connectivity index (χ4v) is 4.52. The Labute approximate surface area is 206 Å². The molecule has 0 aromatic heterocycles. The Morgan fingerprint density at radius 3 is 2.63 bits per heavy atom. The monoisotopic (exact) mass is 516 g/mol. The van der Waals surface area contributed by atoms with E-state index in [0.717, 1.165) is 23.9 Å². The Morgan fingerprint density at radius 2 is 2.09 bits per heavy atom. The molecule has 2 heterocycles. The van der Waals surface area contributed by atoms with Crippen molar-refractivity contribution in [3.05, 3.63) is 43.1 Å². The third-order valence-corrected chi connectivity index (χ3v) is 6.79. The second-order valence-electron chi connectivity index (χ2n) is 8.31. The molecule has 2 amide bonds. The number of para-hydroxylation sites is 1. The lowest BCUT2D eigenvalue weighted by molar-refractivity contribution is -0.142. The number of benzene rings is 1. The van der Waals surface area contributed by atoms with Gasteiger partial charge in [-0.3, -0.25) is 9.69 Å². The summed E-state index contributed by atoms with van der Waals surface area (Å²) in [4.78, 5) is 23.4. The van der Waals surface area contributed by atoms with E-state index in [2.05, 4.69) is 25.7 Å². The molecule has 0 aliphatic carbocycles. The minimum Gasteiger partial charge on any atom is -0.465 e. The summed E-state index contributed by atoms with van der Waals surface area (Å²) in [6, 6.07) is 8.36. The van der Waals surface area contributed by atoms with Gasteiger partial charge in [-0.2, -0.15) is 0 Å². The summed E-state index contributed by atoms with van der Waals surface area (Å²) in [5.41, 5.74) is 0. The van der Waals surface area contributed by atoms with E-state index in [1.807, 2.05) is 18.2 Å². The summed E-state index contributed by atoms with van der Waals surface area (Å²) in [7, 11) is 0.0544. The Bertz CT molecular complexity index is 831. The summed E-state index contributed by atoms with van der Waals surface area (Å²) < 4.78 is 49.6. The smallest absolute Gasteiger partial charge is 0.323 e. The highest BCUT2D eigenvalue weighted by Gasteiger charge is 2.54. The summed E-state index contributed by atoms with van der Waals surface area (Å²) >= 11 is 0. The first-order valence-electron chi connectivity index (χ1n) is 11.5. The number of hydrogen-bond donors (Lipinski definition) is 1. The van der Waals surface area contributed by atoms with E-state index >= 15 is 0 Å². The molecule has 0 spiro atoms. The molecule has 1 aromatic carbocycles. The molecule has 3 rings (SSSR count). The fraction of sp³-hybridized carbons (Fsp3) is 0.583. The highest BCUT2D eigenvalue weighted by atomic mass is 31.2. The number of urea groups is 1. The molecule has 5 unspecified atom stereocenters. The van der Waals surface area contributed by atoms with Crippen LogP contribution in [0.2, 0.25) is 0 Å². The van der Waals surface area contributed by atoms with Crippen molar-refractivity contribution in [2.75, 3.05) is 26.9 Å². The number of halogens is 2. The number of hydrogen-bond acceptors (Lipinski definition) is 6. The number of carbonyl (C=O) groups is 2. The van der Waals surface area contributed by atoms with Gasteiger partial charge in [-0.25, -0.2) is 13.6 Å². The van der Waals surface area contributed by atoms with E-state index in [1.54, 1.807) is 18.8 Å². The number of rotatable bonds is 9. The van der Waals surface area contributed by atoms with Gasteiger partial charge in [0.2, 0.25) is 14.6 Å². The average molecular weight is 517 g/mol. The molecule has 2 fully saturated rings. The topological polar surface area (TPSA) is 86.3 Å². The van der Waals surface area contributed by atoms with E-state index in [4.69, 9.17) is 18.5 Å². The largest absolute Gasteiger partial charge is 0.465 e. The molecule has 2 aliphatic rings. The predicted octanol–water partition coefficient (Wildman–Crippen LogP) is 5.15. The third-order valence-electron chi connectivity index (χ3n) is 5.81. The normalized spacial score (nSPS) is 24.4. The van der Waals surface area contributed by atoms with E-state index in [1.165, 1.54) is 7.05 Å². The molecular formula is C24H35F2N2O6P. The van der Waals surface area contributed by atoms with E-state index < -0.39 is 39.1 Å². The average Bonchev–Trinajstić information content (AvgIpc) is 3.40. The van der Waals surface area contributed by atoms with Crippen LogP contribution in [0.4, 0.5) is 13.6 Å². The van der Waals surface area contributed by atoms with Crippen LogP contribution in [0.25, 0.3) is 0 Å². The highest BCUT2D eigenvalue weighted by Crippen LogP contribution is 2.41. The predicted molar refractivity (Wildman–Crippen MR) is 129 cm³/mol. The number of amides is 2. The van der Waals surface area contributed by atoms with Gasteiger partial charge in [0.25, 0.3) is 5.92 Å². The number of nitrogens with zero attached hydrogens (tertiary/aromatic N) is 1. The second-order valence-corrected chi connectivity index (χ2v) is 9.63. The summed E-state index contributed by atoms with van der Waals surface area (Å²) in [6.45, 7) is 9.91. The van der Waals surface area contributed by atoms with Gasteiger partial charge < -0.3 is 23.8 Å². The lowest BCUT2D eigenvalue weighted by atomic mass is 9.91. The van der Waals surface area contributed by atoms with Crippen LogP contribution in [0.3, 0.4) is 0 Å². The number of cyclic esters (lactones) is 1. The molecule has 11 heteroatoms. The molecule has 35 heavy (non-hydrogen) atoms. The molecular weight excluding hydrogens is 481 g/mol. The Kier molecular flexibility index (Phi) is 11.3. The second kappa shape index (κ2) is 13.7. The minimum atomic E-state index is -3.20. The van der Waals surface area contributed by atoms with Gasteiger partial charge in [0.1, 0.15) is 5.75 Å². The first-order chi connectivity index (χ1) is 16.6. The zero-order chi connectivity index (χ0) is 26.0. The highest BCUT2D eigenvalue weighted by molar-refractivity contribution is 7.46. The maximum absolute atomic E-state index is 14.2. The molecule has 2 aliphatic heterocycles. The quantitative estimate of drug-likeness (QED) is 0.361. The standard InChI is InChI=1S/C16H21F2N2O4P.C8H14O2/c1-4-20(15(21)19-2)14-16(17,18)10-13(23-14)11-22-25(3)24-12-8-6-5-7-9-12;1-3-6(2)7-4-5-10-8(7)9/h4-9,13-14H,1,10-11H2,2-3H3,(H,19,21);6-7H,3-5H2,1-2H3. The van der Waals surface area contributed by atoms with Crippen LogP contribution < -0.4 is 9.84 Å². The Morgan fingerprint density at radius 1 is 1.40 bits per heavy atom. The maximum atomic E-state index is 14.2. The fourth-order valence-electron chi connectivity index (χ4n) is 3.67.